The summed E-state index contributed by atoms with van der Waals surface area (Å²) in [6.07, 6.45) is 3.09. The van der Waals surface area contributed by atoms with Crippen molar-refractivity contribution in [3.8, 4) is 5.75 Å². The molecule has 0 saturated heterocycles. The maximum atomic E-state index is 13.3. The summed E-state index contributed by atoms with van der Waals surface area (Å²) in [7, 11) is 0. The lowest BCUT2D eigenvalue weighted by Crippen LogP contribution is -2.32. The van der Waals surface area contributed by atoms with Crippen LogP contribution in [0, 0.1) is 0 Å². The Bertz CT molecular complexity index is 1330. The maximum Gasteiger partial charge on any atom is 0.333 e. The smallest absolute Gasteiger partial charge is 0.333 e. The molecule has 0 saturated carbocycles. The second-order valence-electron chi connectivity index (χ2n) is 6.95. The highest BCUT2D eigenvalue weighted by molar-refractivity contribution is 7.07. The van der Waals surface area contributed by atoms with E-state index in [9.17, 15) is 9.59 Å². The predicted octanol–water partition coefficient (Wildman–Crippen LogP) is 3.30. The van der Waals surface area contributed by atoms with Crippen molar-refractivity contribution >= 4 is 52.7 Å². The van der Waals surface area contributed by atoms with E-state index in [2.05, 4.69) is 0 Å². The number of ether oxygens (including phenoxy) is 3. The lowest BCUT2D eigenvalue weighted by molar-refractivity contribution is -0.135. The minimum absolute atomic E-state index is 0.123. The summed E-state index contributed by atoms with van der Waals surface area (Å²) in [5, 5.41) is 1.12. The van der Waals surface area contributed by atoms with Crippen LogP contribution in [-0.4, -0.2) is 23.9 Å². The number of hydrogen-bond acceptors (Lipinski definition) is 6. The summed E-state index contributed by atoms with van der Waals surface area (Å²) in [5.41, 5.74) is 2.13. The van der Waals surface area contributed by atoms with Gasteiger partial charge in [0.2, 0.25) is 0 Å². The number of fused-ring (bicyclic) bond motifs is 1. The molecule has 0 spiro atoms. The third-order valence-electron chi connectivity index (χ3n) is 4.71. The number of aromatic nitrogens is 1. The van der Waals surface area contributed by atoms with Gasteiger partial charge in [0.05, 0.1) is 30.4 Å². The largest absolute Gasteiger partial charge is 0.467 e. The monoisotopic (exact) mass is 491 g/mol. The van der Waals surface area contributed by atoms with Gasteiger partial charge in [0.1, 0.15) is 10.4 Å². The second-order valence-corrected chi connectivity index (χ2v) is 8.89. The maximum absolute atomic E-state index is 13.3. The first kappa shape index (κ1) is 22.6. The zero-order chi connectivity index (χ0) is 22.7. The van der Waals surface area contributed by atoms with Crippen LogP contribution >= 0.6 is 34.5 Å². The van der Waals surface area contributed by atoms with Crippen LogP contribution in [-0.2, 0) is 27.4 Å². The van der Waals surface area contributed by atoms with Gasteiger partial charge >= 0.3 is 5.97 Å². The van der Waals surface area contributed by atoms with Crippen molar-refractivity contribution in [1.82, 2.24) is 4.57 Å². The fourth-order valence-electron chi connectivity index (χ4n) is 3.33. The summed E-state index contributed by atoms with van der Waals surface area (Å²) in [6, 6.07) is 10.7. The predicted molar refractivity (Wildman–Crippen MR) is 125 cm³/mol. The molecule has 9 heteroatoms. The third kappa shape index (κ3) is 5.07. The van der Waals surface area contributed by atoms with Gasteiger partial charge in [-0.15, -0.1) is 11.3 Å². The summed E-state index contributed by atoms with van der Waals surface area (Å²) in [4.78, 5) is 25.4. The Labute approximate surface area is 197 Å². The van der Waals surface area contributed by atoms with E-state index < -0.39 is 5.97 Å². The Kier molecular flexibility index (Phi) is 7.01. The first-order valence-corrected chi connectivity index (χ1v) is 11.4. The van der Waals surface area contributed by atoms with Gasteiger partial charge in [-0.2, -0.15) is 0 Å². The van der Waals surface area contributed by atoms with Crippen LogP contribution in [0.1, 0.15) is 23.6 Å². The third-order valence-corrected chi connectivity index (χ3v) is 6.24. The molecule has 0 aliphatic carbocycles. The number of esters is 1. The SMILES string of the molecule is CCOC(=O)C=c1sc(=Cc2ccc(Cl)cc2)c(=O)n1Cc1cc(Cl)cc2c1OCOC2. The molecule has 0 N–H and O–H groups in total. The van der Waals surface area contributed by atoms with Crippen molar-refractivity contribution in [3.05, 3.63) is 82.7 Å². The number of nitrogens with zero attached hydrogens (tertiary/aromatic N) is 1. The van der Waals surface area contributed by atoms with E-state index in [1.165, 1.54) is 22.0 Å². The zero-order valence-corrected chi connectivity index (χ0v) is 19.4. The van der Waals surface area contributed by atoms with Gasteiger partial charge in [0.15, 0.2) is 6.79 Å². The number of hydrogen-bond donors (Lipinski definition) is 0. The zero-order valence-electron chi connectivity index (χ0n) is 17.1. The highest BCUT2D eigenvalue weighted by Gasteiger charge is 2.18. The fraction of sp³-hybridized carbons (Fsp3) is 0.217. The van der Waals surface area contributed by atoms with Crippen LogP contribution in [0.2, 0.25) is 10.0 Å². The molecule has 0 atom stereocenters. The molecule has 0 unspecified atom stereocenters. The van der Waals surface area contributed by atoms with Gasteiger partial charge in [-0.1, -0.05) is 35.3 Å². The number of thiazole rings is 1. The Morgan fingerprint density at radius 3 is 2.75 bits per heavy atom. The van der Waals surface area contributed by atoms with Crippen LogP contribution in [0.3, 0.4) is 0 Å². The topological polar surface area (TPSA) is 66.8 Å². The van der Waals surface area contributed by atoms with Crippen LogP contribution in [0.15, 0.2) is 41.2 Å². The van der Waals surface area contributed by atoms with Gasteiger partial charge in [0, 0.05) is 21.2 Å². The molecule has 4 rings (SSSR count). The lowest BCUT2D eigenvalue weighted by atomic mass is 10.1. The lowest BCUT2D eigenvalue weighted by Gasteiger charge is -2.21. The van der Waals surface area contributed by atoms with E-state index >= 15 is 0 Å². The second kappa shape index (κ2) is 9.92. The molecule has 2 heterocycles. The van der Waals surface area contributed by atoms with Crippen LogP contribution in [0.25, 0.3) is 12.2 Å². The number of carbonyl (C=O) groups is 1. The highest BCUT2D eigenvalue weighted by Crippen LogP contribution is 2.31. The molecule has 32 heavy (non-hydrogen) atoms. The molecular weight excluding hydrogens is 473 g/mol. The van der Waals surface area contributed by atoms with Crippen molar-refractivity contribution in [1.29, 1.82) is 0 Å². The molecule has 1 aliphatic rings. The van der Waals surface area contributed by atoms with E-state index in [-0.39, 0.29) is 25.5 Å². The van der Waals surface area contributed by atoms with Crippen molar-refractivity contribution in [2.24, 2.45) is 0 Å². The Morgan fingerprint density at radius 2 is 2.00 bits per heavy atom. The van der Waals surface area contributed by atoms with E-state index in [0.717, 1.165) is 16.7 Å². The van der Waals surface area contributed by atoms with Gasteiger partial charge in [-0.3, -0.25) is 9.36 Å². The summed E-state index contributed by atoms with van der Waals surface area (Å²) >= 11 is 13.4. The molecule has 0 amide bonds. The standard InChI is InChI=1S/C23H19Cl2NO5S/c1-2-30-21(27)10-20-26(11-15-8-18(25)9-16-12-29-13-31-22(15)16)23(28)19(32-20)7-14-3-5-17(24)6-4-14/h3-10H,2,11-13H2,1H3. The number of carbonyl (C=O) groups excluding carboxylic acids is 1. The average Bonchev–Trinajstić information content (AvgIpc) is 3.04. The van der Waals surface area contributed by atoms with Gasteiger partial charge in [-0.05, 0) is 42.8 Å². The molecule has 0 fully saturated rings. The quantitative estimate of drug-likeness (QED) is 0.512. The normalized spacial score (nSPS) is 14.2. The molecule has 1 aliphatic heterocycles. The minimum Gasteiger partial charge on any atom is -0.467 e. The first-order chi connectivity index (χ1) is 15.4. The van der Waals surface area contributed by atoms with Crippen LogP contribution in [0.5, 0.6) is 5.75 Å². The number of halogens is 2. The van der Waals surface area contributed by atoms with Crippen molar-refractivity contribution in [3.63, 3.8) is 0 Å². The average molecular weight is 492 g/mol. The molecule has 6 nitrogen and oxygen atoms in total. The number of rotatable bonds is 5. The van der Waals surface area contributed by atoms with Gasteiger partial charge < -0.3 is 14.2 Å². The summed E-state index contributed by atoms with van der Waals surface area (Å²) < 4.78 is 18.5. The molecule has 0 radical (unpaired) electrons. The van der Waals surface area contributed by atoms with Crippen molar-refractivity contribution in [2.75, 3.05) is 13.4 Å². The van der Waals surface area contributed by atoms with Crippen LogP contribution < -0.4 is 19.5 Å². The Balaban J connectivity index is 1.85. The minimum atomic E-state index is -0.515. The molecule has 166 valence electrons. The highest BCUT2D eigenvalue weighted by atomic mass is 35.5. The molecule has 0 bridgehead atoms. The molecule has 1 aromatic heterocycles. The molecule has 2 aromatic carbocycles. The van der Waals surface area contributed by atoms with Gasteiger partial charge in [0.25, 0.3) is 5.56 Å². The van der Waals surface area contributed by atoms with Crippen molar-refractivity contribution in [2.45, 2.75) is 20.1 Å². The van der Waals surface area contributed by atoms with E-state index in [4.69, 9.17) is 37.4 Å². The Hall–Kier alpha value is -2.58. The van der Waals surface area contributed by atoms with Crippen LogP contribution in [0.4, 0.5) is 0 Å². The molecule has 3 aromatic rings. The summed E-state index contributed by atoms with van der Waals surface area (Å²) in [6.45, 7) is 2.64. The van der Waals surface area contributed by atoms with E-state index in [0.29, 0.717) is 31.6 Å². The van der Waals surface area contributed by atoms with Crippen molar-refractivity contribution < 1.29 is 19.0 Å². The number of benzene rings is 2. The summed E-state index contributed by atoms with van der Waals surface area (Å²) in [5.74, 6) is 0.127. The fourth-order valence-corrected chi connectivity index (χ4v) is 4.75. The first-order valence-electron chi connectivity index (χ1n) is 9.82. The van der Waals surface area contributed by atoms with E-state index in [1.807, 2.05) is 12.1 Å². The Morgan fingerprint density at radius 1 is 1.22 bits per heavy atom. The molecular formula is C23H19Cl2NO5S. The van der Waals surface area contributed by atoms with Gasteiger partial charge in [-0.25, -0.2) is 4.79 Å². The van der Waals surface area contributed by atoms with E-state index in [1.54, 1.807) is 37.3 Å².